The van der Waals surface area contributed by atoms with Crippen molar-refractivity contribution in [3.8, 4) is 62.0 Å². The van der Waals surface area contributed by atoms with Gasteiger partial charge in [-0.1, -0.05) is 220 Å². The standard InChI is InChI=1S/C23H24N4.2C21H24N4.C20H22N4O.C17H24N4/c1-15-6-5-9-19(16(15)2)21-14-22(27-23(24)26-21)25-13-12-18-11-10-17-7-3-4-8-20(17)18;2*1-15-8-6-12-18(16(15)2)19-14-20(25-21(22)24-19)23-13-7-11-17-9-4-3-5-10-17;1-14-7-6-10-17(15(14)2)18-13-19(24-20(21)23-18)22-11-12-25-16-8-4-3-5-9-16;1-4-5-6-10-19-16-11-15(20-17(18)21-16)14-9-7-8-12(2)13(14)3/h3-9,11,14H,10,12-13H2,1-2H3,(H3,24,25,26,27);2*3-6,8-10,12,14H,7,11,13H2,1-2H3,(H3,22,23,24,25);3-10,13H,11-12H2,1-2H3,(H3,21,22,23,24);7-9,11H,4-6,10H2,1-3H3,(H3,18,19,20,21). The number of hydrogen-bond donors (Lipinski definition) is 10. The Balaban J connectivity index is 0.000000150. The number of hydrogen-bond acceptors (Lipinski definition) is 21. The number of para-hydroxylation sites is 1. The first-order valence-corrected chi connectivity index (χ1v) is 42.4. The maximum Gasteiger partial charge on any atom is 0.222 e. The molecule has 1 aliphatic rings. The summed E-state index contributed by atoms with van der Waals surface area (Å²) in [7, 11) is 0. The molecule has 21 heteroatoms. The lowest BCUT2D eigenvalue weighted by Crippen LogP contribution is -2.13. The molecule has 0 saturated carbocycles. The van der Waals surface area contributed by atoms with Gasteiger partial charge in [-0.2, -0.15) is 24.9 Å². The monoisotopic (exact) mass is 1640 g/mol. The zero-order valence-electron chi connectivity index (χ0n) is 73.0. The quantitative estimate of drug-likeness (QED) is 0.0195. The molecule has 1 aliphatic carbocycles. The van der Waals surface area contributed by atoms with Crippen molar-refractivity contribution >= 4 is 64.4 Å². The minimum atomic E-state index is 0.255. The van der Waals surface area contributed by atoms with Crippen molar-refractivity contribution in [3.63, 3.8) is 0 Å². The van der Waals surface area contributed by atoms with Crippen LogP contribution in [-0.2, 0) is 19.3 Å². The van der Waals surface area contributed by atoms with Gasteiger partial charge in [-0.3, -0.25) is 0 Å². The van der Waals surface area contributed by atoms with E-state index in [0.717, 1.165) is 156 Å². The maximum atomic E-state index is 5.97. The topological polar surface area (TPSA) is 328 Å². The zero-order valence-corrected chi connectivity index (χ0v) is 73.0. The largest absolute Gasteiger partial charge is 0.492 e. The lowest BCUT2D eigenvalue weighted by atomic mass is 10.0. The number of ether oxygens (including phenoxy) is 1. The summed E-state index contributed by atoms with van der Waals surface area (Å²) >= 11 is 0. The van der Waals surface area contributed by atoms with Crippen LogP contribution in [0.2, 0.25) is 0 Å². The molecule has 0 bridgehead atoms. The Morgan fingerprint density at radius 1 is 0.285 bits per heavy atom. The number of fused-ring (bicyclic) bond motifs is 1. The predicted octanol–water partition coefficient (Wildman–Crippen LogP) is 21.3. The fourth-order valence-electron chi connectivity index (χ4n) is 14.3. The molecule has 0 amide bonds. The summed E-state index contributed by atoms with van der Waals surface area (Å²) in [6.07, 6.45) is 12.0. The first-order valence-electron chi connectivity index (χ1n) is 42.4. The van der Waals surface area contributed by atoms with Crippen molar-refractivity contribution < 1.29 is 4.74 Å². The molecule has 0 fully saturated rings. The van der Waals surface area contributed by atoms with E-state index < -0.39 is 0 Å². The Bertz CT molecular complexity index is 5460. The second-order valence-corrected chi connectivity index (χ2v) is 30.7. The average Bonchev–Trinajstić information content (AvgIpc) is 1.06. The van der Waals surface area contributed by atoms with E-state index >= 15 is 0 Å². The maximum absolute atomic E-state index is 5.97. The van der Waals surface area contributed by atoms with Crippen molar-refractivity contribution in [2.24, 2.45) is 0 Å². The molecule has 0 spiro atoms. The highest BCUT2D eigenvalue weighted by molar-refractivity contribution is 5.75. The smallest absolute Gasteiger partial charge is 0.222 e. The third kappa shape index (κ3) is 26.7. The number of nitrogens with two attached hydrogens (primary N) is 5. The molecule has 123 heavy (non-hydrogen) atoms. The molecule has 5 heterocycles. The predicted molar refractivity (Wildman–Crippen MR) is 513 cm³/mol. The van der Waals surface area contributed by atoms with Gasteiger partial charge in [-0.05, 0) is 210 Å². The van der Waals surface area contributed by atoms with Gasteiger partial charge in [0.1, 0.15) is 41.4 Å². The van der Waals surface area contributed by atoms with Gasteiger partial charge in [0.2, 0.25) is 29.7 Å². The number of aryl methyl sites for hydroxylation is 7. The minimum Gasteiger partial charge on any atom is -0.492 e. The van der Waals surface area contributed by atoms with Crippen LogP contribution in [-0.4, -0.2) is 89.2 Å². The van der Waals surface area contributed by atoms with E-state index in [4.69, 9.17) is 33.4 Å². The van der Waals surface area contributed by atoms with E-state index in [1.807, 2.05) is 109 Å². The van der Waals surface area contributed by atoms with Crippen LogP contribution in [0.3, 0.4) is 0 Å². The lowest BCUT2D eigenvalue weighted by Gasteiger charge is -2.12. The number of nitrogen functional groups attached to an aromatic ring is 5. The highest BCUT2D eigenvalue weighted by Crippen LogP contribution is 2.34. The van der Waals surface area contributed by atoms with Crippen LogP contribution in [0.1, 0.15) is 123 Å². The summed E-state index contributed by atoms with van der Waals surface area (Å²) in [6, 6.07) is 80.2. The third-order valence-electron chi connectivity index (χ3n) is 21.8. The highest BCUT2D eigenvalue weighted by atomic mass is 16.5. The molecule has 14 aromatic rings. The molecule has 9 aromatic carbocycles. The molecule has 21 nitrogen and oxygen atoms in total. The van der Waals surface area contributed by atoms with Gasteiger partial charge in [0.15, 0.2) is 0 Å². The van der Waals surface area contributed by atoms with Gasteiger partial charge in [0, 0.05) is 84.3 Å². The van der Waals surface area contributed by atoms with Crippen LogP contribution in [0.25, 0.3) is 61.9 Å². The van der Waals surface area contributed by atoms with Crippen LogP contribution < -0.4 is 60.0 Å². The molecular weight excluding hydrogens is 1520 g/mol. The molecule has 5 aromatic heterocycles. The van der Waals surface area contributed by atoms with Crippen molar-refractivity contribution in [3.05, 3.63) is 321 Å². The van der Waals surface area contributed by atoms with Gasteiger partial charge in [0.05, 0.1) is 35.0 Å². The van der Waals surface area contributed by atoms with Gasteiger partial charge in [-0.15, -0.1) is 0 Å². The summed E-state index contributed by atoms with van der Waals surface area (Å²) in [6.45, 7) is 27.8. The summed E-state index contributed by atoms with van der Waals surface area (Å²) in [5.74, 6) is 6.11. The number of anilines is 10. The molecule has 15 rings (SSSR count). The van der Waals surface area contributed by atoms with E-state index in [0.29, 0.717) is 42.8 Å². The number of nitrogens with one attached hydrogen (secondary N) is 5. The van der Waals surface area contributed by atoms with Gasteiger partial charge in [0.25, 0.3) is 0 Å². The van der Waals surface area contributed by atoms with E-state index in [-0.39, 0.29) is 5.95 Å². The SMILES string of the molecule is CCCCCNc1cc(-c2cccc(C)c2C)nc(N)n1.Cc1cccc(-c2cc(NCCC3=CCc4ccccc43)nc(N)n2)c1C.Cc1cccc(-c2cc(NCCCc3ccccc3)nc(N)n2)c1C.Cc1cccc(-c2cc(NCCCc3ccccc3)nc(N)n2)c1C.Cc1cccc(-c2cc(NCCOc3ccccc3)nc(N)n2)c1C. The second-order valence-electron chi connectivity index (χ2n) is 30.7. The van der Waals surface area contributed by atoms with Crippen molar-refractivity contribution in [1.82, 2.24) is 49.8 Å². The Morgan fingerprint density at radius 3 is 0.919 bits per heavy atom. The summed E-state index contributed by atoms with van der Waals surface area (Å²) in [5.41, 5.74) is 58.5. The van der Waals surface area contributed by atoms with E-state index in [9.17, 15) is 0 Å². The summed E-state index contributed by atoms with van der Waals surface area (Å²) in [4.78, 5) is 43.5. The van der Waals surface area contributed by atoms with Crippen LogP contribution >= 0.6 is 0 Å². The van der Waals surface area contributed by atoms with Gasteiger partial charge in [-0.25, -0.2) is 24.9 Å². The minimum absolute atomic E-state index is 0.255. The molecule has 0 saturated heterocycles. The summed E-state index contributed by atoms with van der Waals surface area (Å²) in [5, 5.41) is 16.7. The molecule has 0 unspecified atom stereocenters. The normalized spacial score (nSPS) is 11.0. The fraction of sp³-hybridized carbons (Fsp3) is 0.255. The van der Waals surface area contributed by atoms with Crippen molar-refractivity contribution in [1.29, 1.82) is 0 Å². The molecule has 0 atom stereocenters. The lowest BCUT2D eigenvalue weighted by molar-refractivity contribution is 0.333. The van der Waals surface area contributed by atoms with Crippen molar-refractivity contribution in [2.75, 3.05) is 94.6 Å². The third-order valence-corrected chi connectivity index (χ3v) is 21.8. The fourth-order valence-corrected chi connectivity index (χ4v) is 14.3. The molecule has 15 N–H and O–H groups in total. The Kier molecular flexibility index (Phi) is 33.1. The molecule has 0 radical (unpaired) electrons. The van der Waals surface area contributed by atoms with Crippen molar-refractivity contribution in [2.45, 2.75) is 134 Å². The number of aromatic nitrogens is 10. The number of unbranched alkanes of at least 4 members (excludes halogenated alkanes) is 2. The van der Waals surface area contributed by atoms with E-state index in [2.05, 4.69) is 286 Å². The molecular formula is C102H118N20O. The zero-order chi connectivity index (χ0) is 87.0. The molecule has 0 aliphatic heterocycles. The first kappa shape index (κ1) is 89.7. The van der Waals surface area contributed by atoms with Gasteiger partial charge >= 0.3 is 0 Å². The Labute approximate surface area is 725 Å². The van der Waals surface area contributed by atoms with Crippen LogP contribution in [0.15, 0.2) is 243 Å². The average molecular weight is 1640 g/mol. The highest BCUT2D eigenvalue weighted by Gasteiger charge is 2.17. The number of benzene rings is 9. The second kappa shape index (κ2) is 45.4. The van der Waals surface area contributed by atoms with Gasteiger partial charge < -0.3 is 60.0 Å². The Morgan fingerprint density at radius 2 is 0.577 bits per heavy atom. The molecule has 632 valence electrons. The number of nitrogens with zero attached hydrogens (tertiary/aromatic N) is 10. The number of rotatable bonds is 29. The van der Waals surface area contributed by atoms with E-state index in [1.54, 1.807) is 0 Å². The van der Waals surface area contributed by atoms with E-state index in [1.165, 1.54) is 96.3 Å². The van der Waals surface area contributed by atoms with Crippen LogP contribution in [0.4, 0.5) is 58.8 Å². The summed E-state index contributed by atoms with van der Waals surface area (Å²) < 4.78 is 5.67. The van der Waals surface area contributed by atoms with Crippen LogP contribution in [0.5, 0.6) is 5.75 Å². The first-order chi connectivity index (χ1) is 59.6. The van der Waals surface area contributed by atoms with Crippen LogP contribution in [0, 0.1) is 69.2 Å². The Hall–Kier alpha value is -14.1. The number of allylic oxidation sites excluding steroid dienone is 1.